The average molecular weight is 347 g/mol. The molecular weight excluding hydrogens is 318 g/mol. The molecule has 0 spiro atoms. The van der Waals surface area contributed by atoms with Crippen LogP contribution in [-0.2, 0) is 16.1 Å². The second-order valence-electron chi connectivity index (χ2n) is 7.59. The summed E-state index contributed by atoms with van der Waals surface area (Å²) in [7, 11) is 0. The van der Waals surface area contributed by atoms with Gasteiger partial charge in [0.2, 0.25) is 5.91 Å². The number of piperidine rings is 1. The first-order chi connectivity index (χ1) is 12.3. The smallest absolute Gasteiger partial charge is 0.237 e. The van der Waals surface area contributed by atoms with Gasteiger partial charge in [-0.3, -0.25) is 14.4 Å². The molecule has 138 valence electrons. The zero-order valence-electron chi connectivity index (χ0n) is 14.9. The largest absolute Gasteiger partial charge is 0.374 e. The molecule has 1 saturated carbocycles. The molecule has 0 unspecified atom stereocenters. The molecule has 7 nitrogen and oxygen atoms in total. The first kappa shape index (κ1) is 17.0. The summed E-state index contributed by atoms with van der Waals surface area (Å²) in [6.45, 7) is 3.80. The monoisotopic (exact) mass is 347 g/mol. The maximum absolute atomic E-state index is 13.1. The van der Waals surface area contributed by atoms with E-state index in [1.165, 1.54) is 25.7 Å². The van der Waals surface area contributed by atoms with Crippen molar-refractivity contribution in [2.45, 2.75) is 69.7 Å². The van der Waals surface area contributed by atoms with Gasteiger partial charge in [-0.1, -0.05) is 19.3 Å². The van der Waals surface area contributed by atoms with Crippen LogP contribution >= 0.6 is 0 Å². The van der Waals surface area contributed by atoms with Crippen molar-refractivity contribution in [2.75, 3.05) is 26.2 Å². The van der Waals surface area contributed by atoms with E-state index in [9.17, 15) is 4.79 Å². The van der Waals surface area contributed by atoms with E-state index in [-0.39, 0.29) is 12.0 Å². The summed E-state index contributed by atoms with van der Waals surface area (Å²) in [4.78, 5) is 21.6. The van der Waals surface area contributed by atoms with E-state index in [2.05, 4.69) is 19.9 Å². The van der Waals surface area contributed by atoms with Crippen molar-refractivity contribution in [3.05, 3.63) is 12.7 Å². The van der Waals surface area contributed by atoms with Gasteiger partial charge in [0.15, 0.2) is 0 Å². The highest BCUT2D eigenvalue weighted by Crippen LogP contribution is 2.29. The minimum atomic E-state index is 0.263. The SMILES string of the molecule is O=C(CN1CCCC[C@@H]1Cn1cncn1)N1CCO[C@@H]2CCCC[C@@H]21. The second-order valence-corrected chi connectivity index (χ2v) is 7.59. The molecule has 7 heteroatoms. The Morgan fingerprint density at radius 1 is 1.12 bits per heavy atom. The van der Waals surface area contributed by atoms with Gasteiger partial charge in [-0.15, -0.1) is 0 Å². The van der Waals surface area contributed by atoms with Crippen LogP contribution in [0.3, 0.4) is 0 Å². The lowest BCUT2D eigenvalue weighted by molar-refractivity contribution is -0.151. The number of hydrogen-bond donors (Lipinski definition) is 0. The van der Waals surface area contributed by atoms with Crippen molar-refractivity contribution in [1.29, 1.82) is 0 Å². The third-order valence-corrected chi connectivity index (χ3v) is 6.00. The Balaban J connectivity index is 1.39. The number of morpholine rings is 1. The standard InChI is InChI=1S/C18H29N5O2/c24-18(23-9-10-25-17-7-2-1-6-16(17)23)12-21-8-4-3-5-15(21)11-22-14-19-13-20-22/h13-17H,1-12H2/t15-,16+,17-/m1/s1. The van der Waals surface area contributed by atoms with Crippen molar-refractivity contribution in [3.8, 4) is 0 Å². The molecule has 3 atom stereocenters. The minimum Gasteiger partial charge on any atom is -0.374 e. The van der Waals surface area contributed by atoms with Gasteiger partial charge in [-0.25, -0.2) is 4.98 Å². The quantitative estimate of drug-likeness (QED) is 0.822. The van der Waals surface area contributed by atoms with E-state index in [1.54, 1.807) is 12.7 Å². The molecule has 1 amide bonds. The number of aromatic nitrogens is 3. The number of hydrogen-bond acceptors (Lipinski definition) is 5. The number of fused-ring (bicyclic) bond motifs is 1. The van der Waals surface area contributed by atoms with Gasteiger partial charge < -0.3 is 9.64 Å². The predicted molar refractivity (Wildman–Crippen MR) is 92.9 cm³/mol. The number of rotatable bonds is 4. The topological polar surface area (TPSA) is 63.5 Å². The molecule has 25 heavy (non-hydrogen) atoms. The molecule has 3 heterocycles. The second kappa shape index (κ2) is 7.83. The first-order valence-electron chi connectivity index (χ1n) is 9.79. The van der Waals surface area contributed by atoms with Crippen LogP contribution in [0.5, 0.6) is 0 Å². The zero-order valence-corrected chi connectivity index (χ0v) is 14.9. The molecule has 0 bridgehead atoms. The van der Waals surface area contributed by atoms with Crippen molar-refractivity contribution in [3.63, 3.8) is 0 Å². The molecule has 1 aromatic rings. The number of amides is 1. The van der Waals surface area contributed by atoms with Crippen molar-refractivity contribution in [2.24, 2.45) is 0 Å². The molecule has 1 aliphatic carbocycles. The van der Waals surface area contributed by atoms with Gasteiger partial charge in [0.1, 0.15) is 12.7 Å². The average Bonchev–Trinajstić information content (AvgIpc) is 3.16. The molecule has 2 aliphatic heterocycles. The fraction of sp³-hybridized carbons (Fsp3) is 0.833. The number of nitrogens with zero attached hydrogens (tertiary/aromatic N) is 5. The molecular formula is C18H29N5O2. The summed E-state index contributed by atoms with van der Waals surface area (Å²) in [5, 5.41) is 4.23. The van der Waals surface area contributed by atoms with E-state index in [0.717, 1.165) is 38.9 Å². The lowest BCUT2D eigenvalue weighted by atomic mass is 9.90. The van der Waals surface area contributed by atoms with Gasteiger partial charge in [0, 0.05) is 12.6 Å². The van der Waals surface area contributed by atoms with Crippen LogP contribution in [-0.4, -0.2) is 74.9 Å². The van der Waals surface area contributed by atoms with Crippen LogP contribution in [0, 0.1) is 0 Å². The molecule has 3 aliphatic rings. The Kier molecular flexibility index (Phi) is 5.31. The lowest BCUT2D eigenvalue weighted by Gasteiger charge is -2.45. The lowest BCUT2D eigenvalue weighted by Crippen LogP contribution is -2.57. The molecule has 1 aromatic heterocycles. The molecule has 0 radical (unpaired) electrons. The van der Waals surface area contributed by atoms with Crippen LogP contribution < -0.4 is 0 Å². The first-order valence-corrected chi connectivity index (χ1v) is 9.79. The molecule has 4 rings (SSSR count). The fourth-order valence-corrected chi connectivity index (χ4v) is 4.69. The van der Waals surface area contributed by atoms with Crippen LogP contribution in [0.1, 0.15) is 44.9 Å². The Labute approximate surface area is 149 Å². The Hall–Kier alpha value is -1.47. The van der Waals surface area contributed by atoms with Gasteiger partial charge in [-0.05, 0) is 32.2 Å². The van der Waals surface area contributed by atoms with E-state index in [1.807, 2.05) is 4.68 Å². The highest BCUT2D eigenvalue weighted by atomic mass is 16.5. The summed E-state index contributed by atoms with van der Waals surface area (Å²) >= 11 is 0. The maximum Gasteiger partial charge on any atom is 0.237 e. The third-order valence-electron chi connectivity index (χ3n) is 6.00. The fourth-order valence-electron chi connectivity index (χ4n) is 4.69. The number of likely N-dealkylation sites (tertiary alicyclic amines) is 1. The van der Waals surface area contributed by atoms with E-state index in [0.29, 0.717) is 25.2 Å². The van der Waals surface area contributed by atoms with E-state index >= 15 is 0 Å². The van der Waals surface area contributed by atoms with Gasteiger partial charge >= 0.3 is 0 Å². The highest BCUT2D eigenvalue weighted by Gasteiger charge is 2.37. The van der Waals surface area contributed by atoms with Gasteiger partial charge in [-0.2, -0.15) is 5.10 Å². The van der Waals surface area contributed by atoms with E-state index in [4.69, 9.17) is 4.74 Å². The third kappa shape index (κ3) is 3.87. The minimum absolute atomic E-state index is 0.263. The van der Waals surface area contributed by atoms with Crippen LogP contribution in [0.25, 0.3) is 0 Å². The number of carbonyl (C=O) groups excluding carboxylic acids is 1. The van der Waals surface area contributed by atoms with Gasteiger partial charge in [0.05, 0.1) is 31.8 Å². The summed E-state index contributed by atoms with van der Waals surface area (Å²) < 4.78 is 7.81. The molecule has 0 aromatic carbocycles. The normalized spacial score (nSPS) is 30.9. The summed E-state index contributed by atoms with van der Waals surface area (Å²) in [6.07, 6.45) is 11.8. The van der Waals surface area contributed by atoms with Crippen molar-refractivity contribution < 1.29 is 9.53 Å². The van der Waals surface area contributed by atoms with Crippen LogP contribution in [0.2, 0.25) is 0 Å². The molecule has 2 saturated heterocycles. The highest BCUT2D eigenvalue weighted by molar-refractivity contribution is 5.79. The van der Waals surface area contributed by atoms with Crippen LogP contribution in [0.15, 0.2) is 12.7 Å². The van der Waals surface area contributed by atoms with Crippen molar-refractivity contribution in [1.82, 2.24) is 24.6 Å². The van der Waals surface area contributed by atoms with Gasteiger partial charge in [0.25, 0.3) is 0 Å². The Morgan fingerprint density at radius 2 is 2.00 bits per heavy atom. The summed E-state index contributed by atoms with van der Waals surface area (Å²) in [5.41, 5.74) is 0. The Morgan fingerprint density at radius 3 is 2.88 bits per heavy atom. The molecule has 3 fully saturated rings. The number of carbonyl (C=O) groups is 1. The number of ether oxygens (including phenoxy) is 1. The predicted octanol–water partition coefficient (Wildman–Crippen LogP) is 1.30. The molecule has 0 N–H and O–H groups in total. The van der Waals surface area contributed by atoms with Crippen molar-refractivity contribution >= 4 is 5.91 Å². The zero-order chi connectivity index (χ0) is 17.1. The van der Waals surface area contributed by atoms with E-state index < -0.39 is 0 Å². The van der Waals surface area contributed by atoms with Crippen LogP contribution in [0.4, 0.5) is 0 Å². The Bertz CT molecular complexity index is 562. The summed E-state index contributed by atoms with van der Waals surface area (Å²) in [6, 6.07) is 0.677. The summed E-state index contributed by atoms with van der Waals surface area (Å²) in [5.74, 6) is 0.283. The maximum atomic E-state index is 13.1.